The first-order valence-electron chi connectivity index (χ1n) is 12.0. The first kappa shape index (κ1) is 19.8. The lowest BCUT2D eigenvalue weighted by molar-refractivity contribution is 1.01. The topological polar surface area (TPSA) is 30.7 Å². The summed E-state index contributed by atoms with van der Waals surface area (Å²) in [6.07, 6.45) is 0. The van der Waals surface area contributed by atoms with Crippen molar-refractivity contribution >= 4 is 44.5 Å². The summed E-state index contributed by atoms with van der Waals surface area (Å²) in [5.74, 6) is 0.704. The molecule has 1 aliphatic heterocycles. The van der Waals surface area contributed by atoms with Gasteiger partial charge in [0.05, 0.1) is 22.2 Å². The van der Waals surface area contributed by atoms with Crippen LogP contribution >= 0.6 is 11.8 Å². The molecule has 8 rings (SSSR count). The van der Waals surface area contributed by atoms with E-state index >= 15 is 0 Å². The molecule has 7 aromatic rings. The van der Waals surface area contributed by atoms with Crippen molar-refractivity contribution in [1.29, 1.82) is 0 Å². The van der Waals surface area contributed by atoms with Gasteiger partial charge in [-0.05, 0) is 47.5 Å². The molecule has 0 atom stereocenters. The lowest BCUT2D eigenvalue weighted by Gasteiger charge is -2.20. The molecule has 168 valence electrons. The molecule has 0 N–H and O–H groups in total. The van der Waals surface area contributed by atoms with Crippen LogP contribution in [-0.2, 0) is 0 Å². The van der Waals surface area contributed by atoms with Crippen LogP contribution < -0.4 is 0 Å². The van der Waals surface area contributed by atoms with Crippen molar-refractivity contribution < 1.29 is 0 Å². The summed E-state index contributed by atoms with van der Waals surface area (Å²) in [4.78, 5) is 12.8. The summed E-state index contributed by atoms with van der Waals surface area (Å²) in [6, 6.07) is 40.7. The average Bonchev–Trinajstić information content (AvgIpc) is 3.27. The minimum absolute atomic E-state index is 0.704. The highest BCUT2D eigenvalue weighted by molar-refractivity contribution is 7.99. The highest BCUT2D eigenvalue weighted by atomic mass is 32.2. The van der Waals surface area contributed by atoms with Crippen molar-refractivity contribution in [3.05, 3.63) is 115 Å². The number of benzene rings is 5. The lowest BCUT2D eigenvalue weighted by atomic mass is 10.0. The lowest BCUT2D eigenvalue weighted by Crippen LogP contribution is -2.05. The van der Waals surface area contributed by atoms with Gasteiger partial charge >= 0.3 is 0 Å². The standard InChI is InChI=1S/C32H19N3S/c1-2-9-20(10-3-1)21-17-18-27-24(19-21)22-11-4-6-14-26(22)35(27)32-33-25-13-8-16-29-30(25)31(34-32)23-12-5-7-15-28(23)36-29/h1-19H. The Labute approximate surface area is 212 Å². The molecule has 0 unspecified atom stereocenters. The Hall–Kier alpha value is -4.41. The Balaban J connectivity index is 1.45. The van der Waals surface area contributed by atoms with E-state index in [1.165, 1.54) is 37.3 Å². The molecule has 4 heteroatoms. The monoisotopic (exact) mass is 477 g/mol. The molecule has 3 heterocycles. The van der Waals surface area contributed by atoms with E-state index in [2.05, 4.69) is 120 Å². The van der Waals surface area contributed by atoms with Crippen molar-refractivity contribution in [2.24, 2.45) is 0 Å². The summed E-state index contributed by atoms with van der Waals surface area (Å²) >= 11 is 1.80. The summed E-state index contributed by atoms with van der Waals surface area (Å²) in [6.45, 7) is 0. The smallest absolute Gasteiger partial charge is 0.235 e. The van der Waals surface area contributed by atoms with Crippen molar-refractivity contribution in [2.45, 2.75) is 9.79 Å². The molecular weight excluding hydrogens is 458 g/mol. The number of rotatable bonds is 2. The van der Waals surface area contributed by atoms with Gasteiger partial charge in [0.2, 0.25) is 5.95 Å². The van der Waals surface area contributed by atoms with Gasteiger partial charge < -0.3 is 0 Å². The number of hydrogen-bond acceptors (Lipinski definition) is 3. The van der Waals surface area contributed by atoms with E-state index in [0.717, 1.165) is 27.6 Å². The van der Waals surface area contributed by atoms with E-state index in [1.54, 1.807) is 11.8 Å². The number of aromatic nitrogens is 3. The van der Waals surface area contributed by atoms with E-state index in [9.17, 15) is 0 Å². The Kier molecular flexibility index (Phi) is 4.16. The molecule has 1 aliphatic rings. The highest BCUT2D eigenvalue weighted by Gasteiger charge is 2.23. The van der Waals surface area contributed by atoms with Crippen LogP contribution in [0.5, 0.6) is 0 Å². The third kappa shape index (κ3) is 2.82. The van der Waals surface area contributed by atoms with Gasteiger partial charge in [-0.2, -0.15) is 0 Å². The second kappa shape index (κ2) is 7.54. The fourth-order valence-corrected chi connectivity index (χ4v) is 6.50. The fourth-order valence-electron chi connectivity index (χ4n) is 5.39. The van der Waals surface area contributed by atoms with Gasteiger partial charge in [-0.15, -0.1) is 0 Å². The van der Waals surface area contributed by atoms with Crippen LogP contribution in [0, 0.1) is 0 Å². The van der Waals surface area contributed by atoms with Crippen molar-refractivity contribution in [3.8, 4) is 28.3 Å². The maximum absolute atomic E-state index is 5.23. The van der Waals surface area contributed by atoms with E-state index in [1.807, 2.05) is 0 Å². The van der Waals surface area contributed by atoms with Crippen LogP contribution in [0.15, 0.2) is 125 Å². The van der Waals surface area contributed by atoms with E-state index in [4.69, 9.17) is 9.97 Å². The minimum atomic E-state index is 0.704. The molecule has 2 aromatic heterocycles. The van der Waals surface area contributed by atoms with Gasteiger partial charge in [-0.1, -0.05) is 90.6 Å². The molecule has 0 fully saturated rings. The molecule has 36 heavy (non-hydrogen) atoms. The van der Waals surface area contributed by atoms with Gasteiger partial charge in [-0.3, -0.25) is 4.57 Å². The first-order valence-corrected chi connectivity index (χ1v) is 12.8. The zero-order valence-electron chi connectivity index (χ0n) is 19.2. The largest absolute Gasteiger partial charge is 0.278 e. The van der Waals surface area contributed by atoms with Gasteiger partial charge in [0.25, 0.3) is 0 Å². The number of para-hydroxylation sites is 1. The van der Waals surface area contributed by atoms with E-state index < -0.39 is 0 Å². The maximum Gasteiger partial charge on any atom is 0.235 e. The number of nitrogens with zero attached hydrogens (tertiary/aromatic N) is 3. The molecule has 5 aromatic carbocycles. The predicted molar refractivity (Wildman–Crippen MR) is 149 cm³/mol. The van der Waals surface area contributed by atoms with Crippen LogP contribution in [0.25, 0.3) is 61.0 Å². The molecule has 3 nitrogen and oxygen atoms in total. The third-order valence-corrected chi connectivity index (χ3v) is 8.15. The quantitative estimate of drug-likeness (QED) is 0.250. The van der Waals surface area contributed by atoms with Crippen molar-refractivity contribution in [2.75, 3.05) is 0 Å². The highest BCUT2D eigenvalue weighted by Crippen LogP contribution is 2.47. The van der Waals surface area contributed by atoms with Gasteiger partial charge in [0.15, 0.2) is 0 Å². The number of hydrogen-bond donors (Lipinski definition) is 0. The third-order valence-electron chi connectivity index (χ3n) is 7.02. The molecule has 0 saturated heterocycles. The first-order chi connectivity index (χ1) is 17.8. The molecule has 0 aliphatic carbocycles. The molecular formula is C32H19N3S. The Bertz CT molecular complexity index is 1970. The summed E-state index contributed by atoms with van der Waals surface area (Å²) in [5.41, 5.74) is 7.78. The van der Waals surface area contributed by atoms with Gasteiger partial charge in [-0.25, -0.2) is 9.97 Å². The zero-order chi connectivity index (χ0) is 23.6. The normalized spacial score (nSPS) is 12.3. The van der Waals surface area contributed by atoms with E-state index in [0.29, 0.717) is 5.95 Å². The van der Waals surface area contributed by atoms with Gasteiger partial charge in [0, 0.05) is 31.5 Å². The summed E-state index contributed by atoms with van der Waals surface area (Å²) in [5, 5.41) is 3.54. The minimum Gasteiger partial charge on any atom is -0.278 e. The summed E-state index contributed by atoms with van der Waals surface area (Å²) in [7, 11) is 0. The van der Waals surface area contributed by atoms with Crippen LogP contribution in [0.4, 0.5) is 0 Å². The predicted octanol–water partition coefficient (Wildman–Crippen LogP) is 8.53. The van der Waals surface area contributed by atoms with Crippen LogP contribution in [0.2, 0.25) is 0 Å². The van der Waals surface area contributed by atoms with Gasteiger partial charge in [0.1, 0.15) is 0 Å². The van der Waals surface area contributed by atoms with Crippen LogP contribution in [-0.4, -0.2) is 14.5 Å². The molecule has 0 amide bonds. The zero-order valence-corrected chi connectivity index (χ0v) is 20.0. The SMILES string of the molecule is c1ccc(-c2ccc3c(c2)c2ccccc2n3-c2nc3c4c(cccc4n2)Sc2ccccc2-3)cc1. The van der Waals surface area contributed by atoms with Crippen LogP contribution in [0.3, 0.4) is 0 Å². The Morgan fingerprint density at radius 3 is 2.28 bits per heavy atom. The fraction of sp³-hybridized carbons (Fsp3) is 0. The second-order valence-electron chi connectivity index (χ2n) is 9.07. The van der Waals surface area contributed by atoms with Crippen molar-refractivity contribution in [3.63, 3.8) is 0 Å². The Morgan fingerprint density at radius 1 is 0.556 bits per heavy atom. The van der Waals surface area contributed by atoms with Crippen LogP contribution in [0.1, 0.15) is 0 Å². The number of fused-ring (bicyclic) bond motifs is 5. The molecule has 0 saturated carbocycles. The second-order valence-corrected chi connectivity index (χ2v) is 10.2. The maximum atomic E-state index is 5.23. The molecule has 0 spiro atoms. The molecule has 0 radical (unpaired) electrons. The van der Waals surface area contributed by atoms with E-state index in [-0.39, 0.29) is 0 Å². The molecule has 0 bridgehead atoms. The Morgan fingerprint density at radius 2 is 1.33 bits per heavy atom. The average molecular weight is 478 g/mol. The van der Waals surface area contributed by atoms with Crippen molar-refractivity contribution in [1.82, 2.24) is 14.5 Å². The summed E-state index contributed by atoms with van der Waals surface area (Å²) < 4.78 is 2.21.